The molecule has 3 aromatic rings. The Hall–Kier alpha value is -3.24. The SMILES string of the molecule is C=C1C[C@@H](COc2ccc(-c3ccc4c(c3)O[C@](C)(F)S4(=O)=O)cc2F)CCN1c1ncc(Cl)cn1. The van der Waals surface area contributed by atoms with Crippen LogP contribution in [-0.2, 0) is 9.84 Å². The van der Waals surface area contributed by atoms with Gasteiger partial charge in [0.1, 0.15) is 10.6 Å². The Kier molecular flexibility index (Phi) is 6.12. The van der Waals surface area contributed by atoms with Crippen LogP contribution in [0.15, 0.2) is 66.0 Å². The van der Waals surface area contributed by atoms with Crippen LogP contribution in [0, 0.1) is 11.7 Å². The highest BCUT2D eigenvalue weighted by Crippen LogP contribution is 2.44. The van der Waals surface area contributed by atoms with Crippen molar-refractivity contribution in [1.82, 2.24) is 9.97 Å². The fourth-order valence-electron chi connectivity index (χ4n) is 4.29. The maximum absolute atomic E-state index is 14.8. The third kappa shape index (κ3) is 4.39. The van der Waals surface area contributed by atoms with Gasteiger partial charge in [0.2, 0.25) is 5.95 Å². The number of alkyl halides is 1. The number of halogens is 3. The van der Waals surface area contributed by atoms with E-state index >= 15 is 0 Å². The first-order valence-corrected chi connectivity index (χ1v) is 13.0. The number of fused-ring (bicyclic) bond motifs is 1. The Morgan fingerprint density at radius 1 is 1.22 bits per heavy atom. The lowest BCUT2D eigenvalue weighted by molar-refractivity contribution is 0.0464. The monoisotopic (exact) mass is 533 g/mol. The van der Waals surface area contributed by atoms with Crippen molar-refractivity contribution in [3.05, 3.63) is 71.9 Å². The number of anilines is 1. The van der Waals surface area contributed by atoms with Crippen LogP contribution in [0.4, 0.5) is 14.7 Å². The average Bonchev–Trinajstić information content (AvgIpc) is 3.02. The van der Waals surface area contributed by atoms with Crippen LogP contribution in [0.3, 0.4) is 0 Å². The van der Waals surface area contributed by atoms with Crippen molar-refractivity contribution in [2.24, 2.45) is 5.92 Å². The Morgan fingerprint density at radius 2 is 1.92 bits per heavy atom. The van der Waals surface area contributed by atoms with E-state index in [1.165, 1.54) is 42.7 Å². The summed E-state index contributed by atoms with van der Waals surface area (Å²) < 4.78 is 64.3. The summed E-state index contributed by atoms with van der Waals surface area (Å²) in [7, 11) is -4.25. The Morgan fingerprint density at radius 3 is 2.61 bits per heavy atom. The molecule has 0 amide bonds. The third-order valence-electron chi connectivity index (χ3n) is 6.26. The maximum Gasteiger partial charge on any atom is 0.351 e. The summed E-state index contributed by atoms with van der Waals surface area (Å²) in [5.41, 5.74) is 1.80. The predicted molar refractivity (Wildman–Crippen MR) is 131 cm³/mol. The zero-order valence-electron chi connectivity index (χ0n) is 19.2. The summed E-state index contributed by atoms with van der Waals surface area (Å²) in [6, 6.07) is 8.59. The van der Waals surface area contributed by atoms with Crippen molar-refractivity contribution in [1.29, 1.82) is 0 Å². The van der Waals surface area contributed by atoms with Crippen LogP contribution in [0.5, 0.6) is 11.5 Å². The first kappa shape index (κ1) is 24.5. The van der Waals surface area contributed by atoms with Gasteiger partial charge < -0.3 is 14.4 Å². The van der Waals surface area contributed by atoms with Gasteiger partial charge in [0, 0.05) is 25.1 Å². The molecule has 0 bridgehead atoms. The Bertz CT molecular complexity index is 1450. The lowest BCUT2D eigenvalue weighted by Crippen LogP contribution is -2.34. The van der Waals surface area contributed by atoms with Crippen LogP contribution in [0.2, 0.25) is 5.02 Å². The summed E-state index contributed by atoms with van der Waals surface area (Å²) in [5, 5.41) is -2.37. The fourth-order valence-corrected chi connectivity index (χ4v) is 5.59. The van der Waals surface area contributed by atoms with Gasteiger partial charge in [0.15, 0.2) is 11.6 Å². The minimum Gasteiger partial charge on any atom is -0.490 e. The molecule has 7 nitrogen and oxygen atoms in total. The quantitative estimate of drug-likeness (QED) is 0.425. The molecule has 2 aliphatic rings. The second-order valence-electron chi connectivity index (χ2n) is 8.84. The fraction of sp³-hybridized carbons (Fsp3) is 0.280. The Labute approximate surface area is 212 Å². The molecule has 1 fully saturated rings. The van der Waals surface area contributed by atoms with E-state index in [2.05, 4.69) is 16.5 Å². The molecule has 1 aromatic heterocycles. The molecule has 188 valence electrons. The molecule has 0 N–H and O–H groups in total. The van der Waals surface area contributed by atoms with Gasteiger partial charge in [0.05, 0.1) is 24.0 Å². The molecular weight excluding hydrogens is 512 g/mol. The van der Waals surface area contributed by atoms with E-state index in [1.807, 2.05) is 4.90 Å². The van der Waals surface area contributed by atoms with E-state index in [0.29, 0.717) is 41.7 Å². The normalized spacial score (nSPS) is 22.7. The summed E-state index contributed by atoms with van der Waals surface area (Å²) in [4.78, 5) is 10.2. The Balaban J connectivity index is 1.23. The average molecular weight is 534 g/mol. The molecule has 0 aliphatic carbocycles. The van der Waals surface area contributed by atoms with Crippen LogP contribution in [0.1, 0.15) is 19.8 Å². The molecule has 0 radical (unpaired) electrons. The van der Waals surface area contributed by atoms with Crippen molar-refractivity contribution in [3.8, 4) is 22.6 Å². The van der Waals surface area contributed by atoms with Gasteiger partial charge in [-0.1, -0.05) is 30.3 Å². The second-order valence-corrected chi connectivity index (χ2v) is 11.4. The smallest absolute Gasteiger partial charge is 0.351 e. The van der Waals surface area contributed by atoms with E-state index in [9.17, 15) is 17.2 Å². The number of allylic oxidation sites excluding steroid dienone is 1. The highest BCUT2D eigenvalue weighted by Gasteiger charge is 2.51. The van der Waals surface area contributed by atoms with Gasteiger partial charge >= 0.3 is 5.19 Å². The lowest BCUT2D eigenvalue weighted by atomic mass is 9.95. The summed E-state index contributed by atoms with van der Waals surface area (Å²) >= 11 is 5.86. The highest BCUT2D eigenvalue weighted by atomic mass is 35.5. The first-order valence-electron chi connectivity index (χ1n) is 11.2. The van der Waals surface area contributed by atoms with Gasteiger partial charge in [0.25, 0.3) is 9.84 Å². The van der Waals surface area contributed by atoms with Gasteiger partial charge in [-0.25, -0.2) is 22.8 Å². The zero-order chi connectivity index (χ0) is 25.7. The predicted octanol–water partition coefficient (Wildman–Crippen LogP) is 5.55. The number of hydrogen-bond acceptors (Lipinski definition) is 7. The van der Waals surface area contributed by atoms with Crippen LogP contribution >= 0.6 is 11.6 Å². The minimum atomic E-state index is -4.25. The summed E-state index contributed by atoms with van der Waals surface area (Å²) in [6.07, 6.45) is 4.51. The molecule has 2 aliphatic heterocycles. The first-order chi connectivity index (χ1) is 17.0. The maximum atomic E-state index is 14.8. The van der Waals surface area contributed by atoms with E-state index in [-0.39, 0.29) is 22.3 Å². The van der Waals surface area contributed by atoms with E-state index in [4.69, 9.17) is 21.1 Å². The lowest BCUT2D eigenvalue weighted by Gasteiger charge is -2.33. The van der Waals surface area contributed by atoms with Crippen molar-refractivity contribution < 1.29 is 26.7 Å². The van der Waals surface area contributed by atoms with Crippen LogP contribution in [0.25, 0.3) is 11.1 Å². The number of aromatic nitrogens is 2. The van der Waals surface area contributed by atoms with Gasteiger partial charge in [-0.15, -0.1) is 0 Å². The van der Waals surface area contributed by atoms with Crippen molar-refractivity contribution in [2.45, 2.75) is 29.8 Å². The van der Waals surface area contributed by atoms with Gasteiger partial charge in [-0.2, -0.15) is 4.39 Å². The minimum absolute atomic E-state index is 0.101. The standard InChI is InChI=1S/C25H22ClF2N3O4S/c1-15-9-16(7-8-31(15)24-29-12-19(26)13-30-24)14-34-21-5-3-17(10-20(21)27)18-4-6-23-22(11-18)35-25(2,28)36(23,32)33/h3-6,10-13,16H,1,7-9,14H2,2H3/t16-,25-/m0/s1. The van der Waals surface area contributed by atoms with Crippen LogP contribution in [-0.4, -0.2) is 36.7 Å². The molecule has 36 heavy (non-hydrogen) atoms. The number of ether oxygens (including phenoxy) is 2. The number of benzene rings is 2. The van der Waals surface area contributed by atoms with E-state index < -0.39 is 20.8 Å². The molecule has 5 rings (SSSR count). The van der Waals surface area contributed by atoms with E-state index in [0.717, 1.165) is 19.0 Å². The van der Waals surface area contributed by atoms with Crippen molar-refractivity contribution in [3.63, 3.8) is 0 Å². The van der Waals surface area contributed by atoms with Gasteiger partial charge in [-0.3, -0.25) is 0 Å². The van der Waals surface area contributed by atoms with Crippen molar-refractivity contribution >= 4 is 27.4 Å². The van der Waals surface area contributed by atoms with Gasteiger partial charge in [-0.05, 0) is 48.2 Å². The molecule has 2 atom stereocenters. The molecule has 1 saturated heterocycles. The topological polar surface area (TPSA) is 81.6 Å². The second kappa shape index (κ2) is 9.01. The number of sulfone groups is 1. The third-order valence-corrected chi connectivity index (χ3v) is 8.42. The summed E-state index contributed by atoms with van der Waals surface area (Å²) in [5.74, 6) is 0.114. The molecule has 2 aromatic carbocycles. The molecular formula is C25H22ClF2N3O4S. The largest absolute Gasteiger partial charge is 0.490 e. The molecule has 0 saturated carbocycles. The molecule has 3 heterocycles. The number of rotatable bonds is 5. The highest BCUT2D eigenvalue weighted by molar-refractivity contribution is 7.92. The van der Waals surface area contributed by atoms with E-state index in [1.54, 1.807) is 6.07 Å². The number of nitrogens with zero attached hydrogens (tertiary/aromatic N) is 3. The number of hydrogen-bond donors (Lipinski definition) is 0. The molecule has 11 heteroatoms. The zero-order valence-corrected chi connectivity index (χ0v) is 20.8. The molecule has 0 unspecified atom stereocenters. The molecule has 0 spiro atoms. The van der Waals surface area contributed by atoms with Crippen molar-refractivity contribution in [2.75, 3.05) is 18.1 Å². The number of piperidine rings is 1. The van der Waals surface area contributed by atoms with Crippen LogP contribution < -0.4 is 14.4 Å². The summed E-state index contributed by atoms with van der Waals surface area (Å²) in [6.45, 7) is 5.93.